The van der Waals surface area contributed by atoms with E-state index >= 15 is 0 Å². The number of hydrogen-bond donors (Lipinski definition) is 2. The minimum atomic E-state index is -0.933. The van der Waals surface area contributed by atoms with Crippen LogP contribution in [0.25, 0.3) is 0 Å². The molecule has 1 aliphatic rings. The zero-order chi connectivity index (χ0) is 19.8. The summed E-state index contributed by atoms with van der Waals surface area (Å²) in [5.74, 6) is 0.691. The summed E-state index contributed by atoms with van der Waals surface area (Å²) >= 11 is 0. The lowest BCUT2D eigenvalue weighted by molar-refractivity contribution is -0.0928. The number of aliphatic hydroxyl groups excluding tert-OH is 1. The molecule has 5 nitrogen and oxygen atoms in total. The number of aliphatic hydroxyl groups is 1. The lowest BCUT2D eigenvalue weighted by Crippen LogP contribution is -2.17. The summed E-state index contributed by atoms with van der Waals surface area (Å²) in [6.07, 6.45) is 4.28. The average Bonchev–Trinajstić information content (AvgIpc) is 3.08. The third kappa shape index (κ3) is 7.10. The number of hydrogen-bond acceptors (Lipinski definition) is 5. The van der Waals surface area contributed by atoms with Crippen molar-refractivity contribution in [3.63, 3.8) is 0 Å². The Morgan fingerprint density at radius 2 is 1.87 bits per heavy atom. The second-order valence-electron chi connectivity index (χ2n) is 7.35. The molecule has 2 N–H and O–H groups in total. The van der Waals surface area contributed by atoms with Gasteiger partial charge in [0.25, 0.3) is 0 Å². The maximum absolute atomic E-state index is 10.4. The largest absolute Gasteiger partial charge is 0.491 e. The van der Waals surface area contributed by atoms with Crippen LogP contribution in [0, 0.1) is 6.92 Å². The molecule has 0 saturated carbocycles. The van der Waals surface area contributed by atoms with Gasteiger partial charge in [-0.1, -0.05) is 43.7 Å². The van der Waals surface area contributed by atoms with E-state index < -0.39 is 6.29 Å². The van der Waals surface area contributed by atoms with Crippen molar-refractivity contribution in [2.75, 3.05) is 19.7 Å². The van der Waals surface area contributed by atoms with E-state index in [-0.39, 0.29) is 24.8 Å². The summed E-state index contributed by atoms with van der Waals surface area (Å²) in [6.45, 7) is 7.24. The van der Waals surface area contributed by atoms with Gasteiger partial charge in [0.2, 0.25) is 0 Å². The third-order valence-corrected chi connectivity index (χ3v) is 5.10. The number of aromatic nitrogens is 1. The number of unbranched alkanes of at least 4 members (excludes halogenated alkanes) is 2. The molecule has 3 rings (SSSR count). The molecule has 30 heavy (non-hydrogen) atoms. The minimum Gasteiger partial charge on any atom is -0.491 e. The SMILES string of the molecule is CCCCNCCCCOc1c(C)nc(Cc2ccccc2)c2c1C(O)OC2.Cl.Cl. The lowest BCUT2D eigenvalue weighted by Gasteiger charge is -2.17. The molecule has 0 bridgehead atoms. The molecule has 7 heteroatoms. The molecule has 0 spiro atoms. The van der Waals surface area contributed by atoms with Crippen LogP contribution in [0.1, 0.15) is 67.0 Å². The van der Waals surface area contributed by atoms with Gasteiger partial charge in [-0.15, -0.1) is 24.8 Å². The van der Waals surface area contributed by atoms with E-state index in [4.69, 9.17) is 14.5 Å². The fraction of sp³-hybridized carbons (Fsp3) is 0.522. The summed E-state index contributed by atoms with van der Waals surface area (Å²) in [7, 11) is 0. The van der Waals surface area contributed by atoms with Crippen molar-refractivity contribution in [2.45, 2.75) is 58.8 Å². The van der Waals surface area contributed by atoms with Crippen molar-refractivity contribution < 1.29 is 14.6 Å². The van der Waals surface area contributed by atoms with Gasteiger partial charge in [0.15, 0.2) is 6.29 Å². The fourth-order valence-corrected chi connectivity index (χ4v) is 3.55. The molecular formula is C23H34Cl2N2O3. The number of benzene rings is 1. The number of aryl methyl sites for hydroxylation is 1. The Morgan fingerprint density at radius 3 is 2.60 bits per heavy atom. The molecule has 1 unspecified atom stereocenters. The monoisotopic (exact) mass is 456 g/mol. The van der Waals surface area contributed by atoms with Gasteiger partial charge in [-0.25, -0.2) is 0 Å². The second kappa shape index (κ2) is 13.8. The lowest BCUT2D eigenvalue weighted by atomic mass is 10.0. The highest BCUT2D eigenvalue weighted by Gasteiger charge is 2.30. The van der Waals surface area contributed by atoms with E-state index in [9.17, 15) is 5.11 Å². The summed E-state index contributed by atoms with van der Waals surface area (Å²) in [6, 6.07) is 10.3. The van der Waals surface area contributed by atoms with Gasteiger partial charge in [0.05, 0.1) is 30.2 Å². The molecule has 1 aliphatic heterocycles. The van der Waals surface area contributed by atoms with Crippen LogP contribution < -0.4 is 10.1 Å². The number of ether oxygens (including phenoxy) is 2. The Labute approximate surface area is 192 Å². The van der Waals surface area contributed by atoms with E-state index in [0.29, 0.717) is 19.0 Å². The minimum absolute atomic E-state index is 0. The Hall–Kier alpha value is -1.37. The van der Waals surface area contributed by atoms with Crippen LogP contribution in [-0.2, 0) is 17.8 Å². The van der Waals surface area contributed by atoms with Crippen molar-refractivity contribution >= 4 is 24.8 Å². The Bertz CT molecular complexity index is 760. The zero-order valence-electron chi connectivity index (χ0n) is 17.9. The van der Waals surface area contributed by atoms with Crippen molar-refractivity contribution in [3.8, 4) is 5.75 Å². The maximum Gasteiger partial charge on any atom is 0.185 e. The van der Waals surface area contributed by atoms with Crippen LogP contribution in [-0.4, -0.2) is 29.8 Å². The normalized spacial score (nSPS) is 14.6. The number of nitrogens with zero attached hydrogens (tertiary/aromatic N) is 1. The molecule has 2 heterocycles. The van der Waals surface area contributed by atoms with Crippen LogP contribution in [0.3, 0.4) is 0 Å². The summed E-state index contributed by atoms with van der Waals surface area (Å²) in [5.41, 5.74) is 4.71. The van der Waals surface area contributed by atoms with Crippen molar-refractivity contribution in [1.29, 1.82) is 0 Å². The number of pyridine rings is 1. The van der Waals surface area contributed by atoms with Crippen molar-refractivity contribution in [2.24, 2.45) is 0 Å². The van der Waals surface area contributed by atoms with Crippen molar-refractivity contribution in [1.82, 2.24) is 10.3 Å². The molecule has 0 fully saturated rings. The Balaban J connectivity index is 0.00000225. The first kappa shape index (κ1) is 26.7. The summed E-state index contributed by atoms with van der Waals surface area (Å²) in [5, 5.41) is 13.8. The number of rotatable bonds is 11. The van der Waals surface area contributed by atoms with E-state index in [0.717, 1.165) is 54.9 Å². The van der Waals surface area contributed by atoms with E-state index in [1.807, 2.05) is 25.1 Å². The first-order valence-electron chi connectivity index (χ1n) is 10.4. The van der Waals surface area contributed by atoms with Gasteiger partial charge in [0, 0.05) is 12.0 Å². The zero-order valence-corrected chi connectivity index (χ0v) is 19.5. The molecule has 1 aromatic heterocycles. The summed E-state index contributed by atoms with van der Waals surface area (Å²) in [4.78, 5) is 4.79. The molecule has 0 aliphatic carbocycles. The van der Waals surface area contributed by atoms with Gasteiger partial charge >= 0.3 is 0 Å². The molecule has 168 valence electrons. The van der Waals surface area contributed by atoms with Gasteiger partial charge < -0.3 is 19.9 Å². The highest BCUT2D eigenvalue weighted by atomic mass is 35.5. The quantitative estimate of drug-likeness (QED) is 0.471. The summed E-state index contributed by atoms with van der Waals surface area (Å²) < 4.78 is 11.6. The van der Waals surface area contributed by atoms with Crippen LogP contribution in [0.2, 0.25) is 0 Å². The highest BCUT2D eigenvalue weighted by molar-refractivity contribution is 5.85. The maximum atomic E-state index is 10.4. The topological polar surface area (TPSA) is 63.6 Å². The first-order chi connectivity index (χ1) is 13.7. The third-order valence-electron chi connectivity index (χ3n) is 5.10. The van der Waals surface area contributed by atoms with Gasteiger partial charge in [0.1, 0.15) is 5.75 Å². The van der Waals surface area contributed by atoms with E-state index in [2.05, 4.69) is 24.4 Å². The Morgan fingerprint density at radius 1 is 1.13 bits per heavy atom. The number of halogens is 2. The standard InChI is InChI=1S/C23H32N2O3.2ClH/c1-3-4-12-24-13-8-9-14-27-22-17(2)25-20(15-18-10-6-5-7-11-18)19-16-28-23(26)21(19)22;;/h5-7,10-11,23-24,26H,3-4,8-9,12-16H2,1-2H3;2*1H. The molecule has 0 saturated heterocycles. The van der Waals surface area contributed by atoms with E-state index in [1.165, 1.54) is 18.4 Å². The van der Waals surface area contributed by atoms with Crippen LogP contribution >= 0.6 is 24.8 Å². The van der Waals surface area contributed by atoms with E-state index in [1.54, 1.807) is 0 Å². The molecule has 0 radical (unpaired) electrons. The molecular weight excluding hydrogens is 423 g/mol. The highest BCUT2D eigenvalue weighted by Crippen LogP contribution is 2.39. The second-order valence-corrected chi connectivity index (χ2v) is 7.35. The van der Waals surface area contributed by atoms with Gasteiger partial charge in [-0.05, 0) is 44.8 Å². The van der Waals surface area contributed by atoms with Gasteiger partial charge in [-0.3, -0.25) is 4.98 Å². The predicted molar refractivity (Wildman–Crippen MR) is 125 cm³/mol. The fourth-order valence-electron chi connectivity index (χ4n) is 3.55. The van der Waals surface area contributed by atoms with Gasteiger partial charge in [-0.2, -0.15) is 0 Å². The average molecular weight is 457 g/mol. The van der Waals surface area contributed by atoms with Crippen molar-refractivity contribution in [3.05, 3.63) is 58.4 Å². The smallest absolute Gasteiger partial charge is 0.185 e. The molecule has 1 aromatic carbocycles. The van der Waals surface area contributed by atoms with Crippen LogP contribution in [0.15, 0.2) is 30.3 Å². The number of fused-ring (bicyclic) bond motifs is 1. The van der Waals surface area contributed by atoms with Crippen LogP contribution in [0.4, 0.5) is 0 Å². The first-order valence-corrected chi connectivity index (χ1v) is 10.4. The molecule has 1 atom stereocenters. The molecule has 2 aromatic rings. The van der Waals surface area contributed by atoms with Crippen LogP contribution in [0.5, 0.6) is 5.75 Å². The predicted octanol–water partition coefficient (Wildman–Crippen LogP) is 4.89. The molecule has 0 amide bonds. The Kier molecular flexibility index (Phi) is 12.3. The number of nitrogens with one attached hydrogen (secondary N) is 1.